The fourth-order valence-corrected chi connectivity index (χ4v) is 2.89. The van der Waals surface area contributed by atoms with E-state index in [0.29, 0.717) is 11.3 Å². The number of rotatable bonds is 6. The van der Waals surface area contributed by atoms with Crippen LogP contribution in [0.4, 0.5) is 0 Å². The monoisotopic (exact) mass is 336 g/mol. The van der Waals surface area contributed by atoms with Crippen LogP contribution in [0.15, 0.2) is 87.4 Å². The Labute approximate surface area is 144 Å². The molecule has 4 nitrogen and oxygen atoms in total. The first-order valence-electron chi connectivity index (χ1n) is 7.45. The second kappa shape index (κ2) is 8.17. The first kappa shape index (κ1) is 16.1. The highest BCUT2D eigenvalue weighted by molar-refractivity contribution is 7.98. The predicted molar refractivity (Wildman–Crippen MR) is 96.2 cm³/mol. The molecule has 0 saturated heterocycles. The van der Waals surface area contributed by atoms with Crippen LogP contribution >= 0.6 is 11.8 Å². The number of hydrogen-bond donors (Lipinski definition) is 1. The summed E-state index contributed by atoms with van der Waals surface area (Å²) < 4.78 is 5.10. The average Bonchev–Trinajstić information content (AvgIpc) is 3.15. The van der Waals surface area contributed by atoms with Crippen LogP contribution in [-0.4, -0.2) is 12.1 Å². The average molecular weight is 336 g/mol. The van der Waals surface area contributed by atoms with Gasteiger partial charge in [-0.3, -0.25) is 4.79 Å². The van der Waals surface area contributed by atoms with E-state index in [-0.39, 0.29) is 5.91 Å². The molecule has 0 aliphatic rings. The largest absolute Gasteiger partial charge is 0.463 e. The second-order valence-electron chi connectivity index (χ2n) is 5.01. The highest BCUT2D eigenvalue weighted by atomic mass is 32.2. The van der Waals surface area contributed by atoms with Crippen molar-refractivity contribution >= 4 is 23.9 Å². The molecule has 0 bridgehead atoms. The normalized spacial score (nSPS) is 10.8. The SMILES string of the molecule is O=C(N/N=C/c1ccco1)c1ccc(CSc2ccccc2)cc1. The molecule has 120 valence electrons. The Hall–Kier alpha value is -2.79. The predicted octanol–water partition coefficient (Wildman–Crippen LogP) is 4.34. The van der Waals surface area contributed by atoms with Gasteiger partial charge in [0.1, 0.15) is 5.76 Å². The lowest BCUT2D eigenvalue weighted by Crippen LogP contribution is -2.17. The summed E-state index contributed by atoms with van der Waals surface area (Å²) in [4.78, 5) is 13.2. The molecule has 0 atom stereocenters. The standard InChI is InChI=1S/C19H16N2O2S/c22-19(21-20-13-17-5-4-12-23-17)16-10-8-15(9-11-16)14-24-18-6-2-1-3-7-18/h1-13H,14H2,(H,21,22)/b20-13+. The lowest BCUT2D eigenvalue weighted by molar-refractivity contribution is 0.0955. The summed E-state index contributed by atoms with van der Waals surface area (Å²) >= 11 is 1.77. The van der Waals surface area contributed by atoms with Gasteiger partial charge in [0.15, 0.2) is 0 Å². The van der Waals surface area contributed by atoms with Gasteiger partial charge in [0.2, 0.25) is 0 Å². The minimum Gasteiger partial charge on any atom is -0.463 e. The summed E-state index contributed by atoms with van der Waals surface area (Å²) in [6.07, 6.45) is 3.01. The third kappa shape index (κ3) is 4.60. The van der Waals surface area contributed by atoms with Crippen molar-refractivity contribution in [3.63, 3.8) is 0 Å². The van der Waals surface area contributed by atoms with Crippen LogP contribution in [-0.2, 0) is 5.75 Å². The van der Waals surface area contributed by atoms with Gasteiger partial charge in [0.05, 0.1) is 12.5 Å². The molecule has 3 aromatic rings. The lowest BCUT2D eigenvalue weighted by Gasteiger charge is -2.04. The maximum atomic E-state index is 12.0. The molecule has 1 N–H and O–H groups in total. The van der Waals surface area contributed by atoms with Crippen LogP contribution in [0.5, 0.6) is 0 Å². The maximum Gasteiger partial charge on any atom is 0.271 e. The van der Waals surface area contributed by atoms with Crippen LogP contribution in [0.2, 0.25) is 0 Å². The van der Waals surface area contributed by atoms with Gasteiger partial charge >= 0.3 is 0 Å². The molecule has 0 saturated carbocycles. The first-order chi connectivity index (χ1) is 11.8. The van der Waals surface area contributed by atoms with Crippen LogP contribution in [0.1, 0.15) is 21.7 Å². The van der Waals surface area contributed by atoms with Gasteiger partial charge < -0.3 is 4.42 Å². The van der Waals surface area contributed by atoms with Gasteiger partial charge in [-0.05, 0) is 42.0 Å². The number of furan rings is 1. The summed E-state index contributed by atoms with van der Waals surface area (Å²) in [6, 6.07) is 21.3. The van der Waals surface area contributed by atoms with Gasteiger partial charge in [0.25, 0.3) is 5.91 Å². The number of benzene rings is 2. The van der Waals surface area contributed by atoms with Gasteiger partial charge in [-0.2, -0.15) is 5.10 Å². The van der Waals surface area contributed by atoms with Crippen molar-refractivity contribution in [1.82, 2.24) is 5.43 Å². The van der Waals surface area contributed by atoms with E-state index < -0.39 is 0 Å². The number of hydrogen-bond acceptors (Lipinski definition) is 4. The molecular formula is C19H16N2O2S. The number of amides is 1. The van der Waals surface area contributed by atoms with Gasteiger partial charge in [-0.25, -0.2) is 5.43 Å². The number of nitrogens with zero attached hydrogens (tertiary/aromatic N) is 1. The maximum absolute atomic E-state index is 12.0. The molecular weight excluding hydrogens is 320 g/mol. The van der Waals surface area contributed by atoms with Crippen LogP contribution in [0, 0.1) is 0 Å². The summed E-state index contributed by atoms with van der Waals surface area (Å²) in [5, 5.41) is 3.87. The number of hydrazone groups is 1. The zero-order valence-corrected chi connectivity index (χ0v) is 13.7. The van der Waals surface area contributed by atoms with Crippen molar-refractivity contribution in [3.05, 3.63) is 89.9 Å². The molecule has 0 aliphatic carbocycles. The summed E-state index contributed by atoms with van der Waals surface area (Å²) in [5.74, 6) is 1.20. The van der Waals surface area contributed by atoms with E-state index in [2.05, 4.69) is 22.7 Å². The number of carbonyl (C=O) groups excluding carboxylic acids is 1. The van der Waals surface area contributed by atoms with Crippen LogP contribution in [0.25, 0.3) is 0 Å². The molecule has 3 rings (SSSR count). The molecule has 1 aromatic heterocycles. The third-order valence-corrected chi connectivity index (χ3v) is 4.35. The summed E-state index contributed by atoms with van der Waals surface area (Å²) in [7, 11) is 0. The van der Waals surface area contributed by atoms with Crippen molar-refractivity contribution in [1.29, 1.82) is 0 Å². The van der Waals surface area contributed by atoms with Gasteiger partial charge in [0, 0.05) is 16.2 Å². The van der Waals surface area contributed by atoms with Crippen molar-refractivity contribution < 1.29 is 9.21 Å². The molecule has 0 spiro atoms. The van der Waals surface area contributed by atoms with Crippen molar-refractivity contribution in [2.45, 2.75) is 10.6 Å². The molecule has 0 unspecified atom stereocenters. The van der Waals surface area contributed by atoms with Crippen molar-refractivity contribution in [2.24, 2.45) is 5.10 Å². The van der Waals surface area contributed by atoms with E-state index in [4.69, 9.17) is 4.42 Å². The van der Waals surface area contributed by atoms with Crippen molar-refractivity contribution in [3.8, 4) is 0 Å². The molecule has 2 aromatic carbocycles. The van der Waals surface area contributed by atoms with E-state index in [0.717, 1.165) is 5.75 Å². The topological polar surface area (TPSA) is 54.6 Å². The van der Waals surface area contributed by atoms with E-state index in [1.807, 2.05) is 30.3 Å². The van der Waals surface area contributed by atoms with E-state index in [1.165, 1.54) is 16.7 Å². The highest BCUT2D eigenvalue weighted by Crippen LogP contribution is 2.22. The van der Waals surface area contributed by atoms with Crippen molar-refractivity contribution in [2.75, 3.05) is 0 Å². The zero-order chi connectivity index (χ0) is 16.6. The fraction of sp³-hybridized carbons (Fsp3) is 0.0526. The first-order valence-corrected chi connectivity index (χ1v) is 8.43. The van der Waals surface area contributed by atoms with Gasteiger partial charge in [-0.15, -0.1) is 11.8 Å². The lowest BCUT2D eigenvalue weighted by atomic mass is 10.1. The second-order valence-corrected chi connectivity index (χ2v) is 6.06. The number of nitrogens with one attached hydrogen (secondary N) is 1. The molecule has 0 aliphatic heterocycles. The van der Waals surface area contributed by atoms with Crippen LogP contribution < -0.4 is 5.43 Å². The smallest absolute Gasteiger partial charge is 0.271 e. The fourth-order valence-electron chi connectivity index (χ4n) is 2.02. The third-order valence-electron chi connectivity index (χ3n) is 3.27. The van der Waals surface area contributed by atoms with E-state index in [1.54, 1.807) is 42.3 Å². The Morgan fingerprint density at radius 3 is 2.54 bits per heavy atom. The van der Waals surface area contributed by atoms with Crippen LogP contribution in [0.3, 0.4) is 0 Å². The zero-order valence-electron chi connectivity index (χ0n) is 12.9. The Bertz CT molecular complexity index is 797. The van der Waals surface area contributed by atoms with E-state index in [9.17, 15) is 4.79 Å². The van der Waals surface area contributed by atoms with E-state index >= 15 is 0 Å². The number of carbonyl (C=O) groups is 1. The molecule has 5 heteroatoms. The molecule has 0 fully saturated rings. The van der Waals surface area contributed by atoms with Gasteiger partial charge in [-0.1, -0.05) is 30.3 Å². The highest BCUT2D eigenvalue weighted by Gasteiger charge is 2.04. The minimum atomic E-state index is -0.250. The molecule has 0 radical (unpaired) electrons. The summed E-state index contributed by atoms with van der Waals surface area (Å²) in [5.41, 5.74) is 4.22. The molecule has 24 heavy (non-hydrogen) atoms. The Kier molecular flexibility index (Phi) is 5.48. The molecule has 1 heterocycles. The Morgan fingerprint density at radius 1 is 1.04 bits per heavy atom. The number of thioether (sulfide) groups is 1. The molecule has 1 amide bonds. The Morgan fingerprint density at radius 2 is 1.83 bits per heavy atom. The minimum absolute atomic E-state index is 0.250. The quantitative estimate of drug-likeness (QED) is 0.414. The Balaban J connectivity index is 1.52. The summed E-state index contributed by atoms with van der Waals surface area (Å²) in [6.45, 7) is 0.